The number of carbonyl (C=O) groups is 1. The third-order valence-corrected chi connectivity index (χ3v) is 8.89. The van der Waals surface area contributed by atoms with Crippen LogP contribution in [0.2, 0.25) is 0 Å². The zero-order chi connectivity index (χ0) is 25.6. The number of fused-ring (bicyclic) bond motifs is 3. The molecule has 3 fully saturated rings. The predicted octanol–water partition coefficient (Wildman–Crippen LogP) is 7.28. The van der Waals surface area contributed by atoms with Crippen LogP contribution in [0.3, 0.4) is 0 Å². The SMILES string of the molecule is CC(C)[C@H]1CC[C@@H](Oc2ccc3ccc(CN4C5CCC4CC(C(=O)O)C5)cc3c2C(F)(F)F)CC1. The largest absolute Gasteiger partial charge is 0.490 e. The van der Waals surface area contributed by atoms with E-state index >= 15 is 0 Å². The van der Waals surface area contributed by atoms with Crippen LogP contribution in [0.5, 0.6) is 5.75 Å². The van der Waals surface area contributed by atoms with E-state index in [1.54, 1.807) is 18.2 Å². The monoisotopic (exact) mass is 503 g/mol. The van der Waals surface area contributed by atoms with Crippen LogP contribution in [-0.4, -0.2) is 34.2 Å². The molecule has 196 valence electrons. The highest BCUT2D eigenvalue weighted by molar-refractivity contribution is 5.89. The van der Waals surface area contributed by atoms with Gasteiger partial charge >= 0.3 is 12.1 Å². The Labute approximate surface area is 210 Å². The van der Waals surface area contributed by atoms with Crippen LogP contribution in [0.25, 0.3) is 10.8 Å². The van der Waals surface area contributed by atoms with Crippen LogP contribution >= 0.6 is 0 Å². The number of alkyl halides is 3. The molecule has 0 radical (unpaired) electrons. The highest BCUT2D eigenvalue weighted by Gasteiger charge is 2.43. The second-order valence-electron chi connectivity index (χ2n) is 11.5. The summed E-state index contributed by atoms with van der Waals surface area (Å²) in [6, 6.07) is 8.91. The molecule has 2 aliphatic heterocycles. The lowest BCUT2D eigenvalue weighted by Crippen LogP contribution is -2.44. The highest BCUT2D eigenvalue weighted by atomic mass is 19.4. The van der Waals surface area contributed by atoms with Crippen LogP contribution in [0.1, 0.15) is 76.3 Å². The van der Waals surface area contributed by atoms with Crippen molar-refractivity contribution in [3.8, 4) is 5.75 Å². The number of aliphatic carboxylic acids is 1. The van der Waals surface area contributed by atoms with Gasteiger partial charge in [0.2, 0.25) is 0 Å². The van der Waals surface area contributed by atoms with Crippen LogP contribution in [0.15, 0.2) is 30.3 Å². The molecule has 2 aromatic carbocycles. The molecule has 2 saturated heterocycles. The second-order valence-corrected chi connectivity index (χ2v) is 11.5. The maximum atomic E-state index is 14.4. The summed E-state index contributed by atoms with van der Waals surface area (Å²) in [5.41, 5.74) is 0.147. The Hall–Kier alpha value is -2.28. The molecule has 2 heterocycles. The van der Waals surface area contributed by atoms with Gasteiger partial charge in [-0.15, -0.1) is 0 Å². The van der Waals surface area contributed by atoms with Gasteiger partial charge in [0.25, 0.3) is 0 Å². The number of hydrogen-bond acceptors (Lipinski definition) is 3. The van der Waals surface area contributed by atoms with Crippen molar-refractivity contribution in [1.29, 1.82) is 0 Å². The summed E-state index contributed by atoms with van der Waals surface area (Å²) in [7, 11) is 0. The van der Waals surface area contributed by atoms with Gasteiger partial charge in [-0.25, -0.2) is 0 Å². The number of hydrogen-bond donors (Lipinski definition) is 1. The first kappa shape index (κ1) is 25.4. The molecule has 1 N–H and O–H groups in total. The zero-order valence-electron chi connectivity index (χ0n) is 21.1. The Bertz CT molecular complexity index is 1090. The fourth-order valence-corrected chi connectivity index (χ4v) is 6.83. The molecule has 0 amide bonds. The molecule has 3 aliphatic rings. The summed E-state index contributed by atoms with van der Waals surface area (Å²) in [4.78, 5) is 13.8. The molecule has 2 bridgehead atoms. The number of rotatable bonds is 6. The zero-order valence-corrected chi connectivity index (χ0v) is 21.1. The third-order valence-electron chi connectivity index (χ3n) is 8.89. The van der Waals surface area contributed by atoms with Crippen molar-refractivity contribution in [1.82, 2.24) is 4.90 Å². The van der Waals surface area contributed by atoms with E-state index in [1.165, 1.54) is 6.07 Å². The van der Waals surface area contributed by atoms with E-state index in [-0.39, 0.29) is 35.2 Å². The molecule has 7 heteroatoms. The normalized spacial score (nSPS) is 29.1. The van der Waals surface area contributed by atoms with Crippen molar-refractivity contribution < 1.29 is 27.8 Å². The Kier molecular flexibility index (Phi) is 6.96. The maximum Gasteiger partial charge on any atom is 0.420 e. The third kappa shape index (κ3) is 5.09. The first-order valence-corrected chi connectivity index (χ1v) is 13.4. The van der Waals surface area contributed by atoms with Crippen molar-refractivity contribution in [3.63, 3.8) is 0 Å². The maximum absolute atomic E-state index is 14.4. The van der Waals surface area contributed by atoms with Gasteiger partial charge in [-0.05, 0) is 91.7 Å². The minimum absolute atomic E-state index is 0.0671. The van der Waals surface area contributed by atoms with Crippen molar-refractivity contribution in [3.05, 3.63) is 41.5 Å². The molecule has 1 aliphatic carbocycles. The molecule has 2 unspecified atom stereocenters. The van der Waals surface area contributed by atoms with Gasteiger partial charge in [0, 0.05) is 18.6 Å². The Morgan fingerprint density at radius 2 is 1.67 bits per heavy atom. The number of ether oxygens (including phenoxy) is 1. The summed E-state index contributed by atoms with van der Waals surface area (Å²) in [5.74, 6) is 0.0742. The smallest absolute Gasteiger partial charge is 0.420 e. The Balaban J connectivity index is 1.40. The molecule has 4 nitrogen and oxygen atoms in total. The lowest BCUT2D eigenvalue weighted by atomic mass is 9.80. The quantitative estimate of drug-likeness (QED) is 0.450. The average Bonchev–Trinajstić information content (AvgIpc) is 3.04. The average molecular weight is 504 g/mol. The minimum Gasteiger partial charge on any atom is -0.490 e. The van der Waals surface area contributed by atoms with E-state index in [2.05, 4.69) is 18.7 Å². The number of benzene rings is 2. The first-order valence-electron chi connectivity index (χ1n) is 13.4. The van der Waals surface area contributed by atoms with Crippen molar-refractivity contribution in [2.24, 2.45) is 17.8 Å². The molecule has 5 rings (SSSR count). The van der Waals surface area contributed by atoms with Gasteiger partial charge in [-0.2, -0.15) is 13.2 Å². The number of carboxylic acids is 1. The van der Waals surface area contributed by atoms with E-state index in [9.17, 15) is 23.1 Å². The molecule has 2 atom stereocenters. The number of piperidine rings is 1. The van der Waals surface area contributed by atoms with E-state index in [1.807, 2.05) is 6.07 Å². The summed E-state index contributed by atoms with van der Waals surface area (Å²) in [6.07, 6.45) is 1.97. The standard InChI is InChI=1S/C29H36F3NO3/c1-17(2)19-5-10-24(11-6-19)36-26-12-7-20-4-3-18(13-25(20)27(26)29(30,31)32)16-33-22-8-9-23(33)15-21(14-22)28(34)35/h3-4,7,12-13,17,19,21-24H,5-6,8-11,14-16H2,1-2H3,(H,34,35)/t19-,21?,22?,23?,24+. The lowest BCUT2D eigenvalue weighted by molar-refractivity contribution is -0.144. The van der Waals surface area contributed by atoms with E-state index < -0.39 is 17.7 Å². The number of halogens is 3. The van der Waals surface area contributed by atoms with E-state index in [0.29, 0.717) is 36.6 Å². The van der Waals surface area contributed by atoms with Crippen molar-refractivity contribution >= 4 is 16.7 Å². The Morgan fingerprint density at radius 3 is 2.25 bits per heavy atom. The van der Waals surface area contributed by atoms with Crippen LogP contribution in [-0.2, 0) is 17.5 Å². The Morgan fingerprint density at radius 1 is 1.03 bits per heavy atom. The minimum atomic E-state index is -4.53. The van der Waals surface area contributed by atoms with Gasteiger partial charge in [0.15, 0.2) is 0 Å². The summed E-state index contributed by atoms with van der Waals surface area (Å²) in [6.45, 7) is 4.95. The van der Waals surface area contributed by atoms with Gasteiger partial charge in [0.05, 0.1) is 12.0 Å². The predicted molar refractivity (Wildman–Crippen MR) is 133 cm³/mol. The lowest BCUT2D eigenvalue weighted by Gasteiger charge is -2.37. The first-order chi connectivity index (χ1) is 17.1. The van der Waals surface area contributed by atoms with Crippen molar-refractivity contribution in [2.75, 3.05) is 0 Å². The fraction of sp³-hybridized carbons (Fsp3) is 0.621. The van der Waals surface area contributed by atoms with Gasteiger partial charge in [0.1, 0.15) is 11.3 Å². The molecule has 1 saturated carbocycles. The van der Waals surface area contributed by atoms with Crippen LogP contribution in [0.4, 0.5) is 13.2 Å². The molecule has 0 aromatic heterocycles. The summed E-state index contributed by atoms with van der Waals surface area (Å²) in [5, 5.41) is 10.2. The van der Waals surface area contributed by atoms with E-state index in [4.69, 9.17) is 4.74 Å². The topological polar surface area (TPSA) is 49.8 Å². The van der Waals surface area contributed by atoms with E-state index in [0.717, 1.165) is 44.1 Å². The van der Waals surface area contributed by atoms with Crippen molar-refractivity contribution in [2.45, 2.75) is 96.1 Å². The molecule has 0 spiro atoms. The molecular weight excluding hydrogens is 467 g/mol. The summed E-state index contributed by atoms with van der Waals surface area (Å²) < 4.78 is 49.2. The second kappa shape index (κ2) is 9.88. The molecular formula is C29H36F3NO3. The highest BCUT2D eigenvalue weighted by Crippen LogP contribution is 2.44. The molecule has 36 heavy (non-hydrogen) atoms. The van der Waals surface area contributed by atoms with Crippen LogP contribution in [0, 0.1) is 17.8 Å². The van der Waals surface area contributed by atoms with Crippen LogP contribution < -0.4 is 4.74 Å². The molecule has 2 aromatic rings. The van der Waals surface area contributed by atoms with Gasteiger partial charge < -0.3 is 9.84 Å². The number of nitrogens with zero attached hydrogens (tertiary/aromatic N) is 1. The summed E-state index contributed by atoms with van der Waals surface area (Å²) >= 11 is 0. The number of carboxylic acid groups (broad SMARTS) is 1. The van der Waals surface area contributed by atoms with Gasteiger partial charge in [-0.3, -0.25) is 9.69 Å². The van der Waals surface area contributed by atoms with Gasteiger partial charge in [-0.1, -0.05) is 32.0 Å². The fourth-order valence-electron chi connectivity index (χ4n) is 6.83.